The number of nitrogens with two attached hydrogens (primary N) is 1. The van der Waals surface area contributed by atoms with Crippen LogP contribution >= 0.6 is 0 Å². The molecule has 0 aliphatic heterocycles. The summed E-state index contributed by atoms with van der Waals surface area (Å²) in [5.41, 5.74) is 5.26. The summed E-state index contributed by atoms with van der Waals surface area (Å²) in [6.45, 7) is 16.7. The molecule has 0 aliphatic carbocycles. The van der Waals surface area contributed by atoms with Crippen molar-refractivity contribution in [3.63, 3.8) is 0 Å². The molecule has 0 radical (unpaired) electrons. The van der Waals surface area contributed by atoms with Crippen LogP contribution in [0.5, 0.6) is 0 Å². The third-order valence-electron chi connectivity index (χ3n) is 3.05. The van der Waals surface area contributed by atoms with Gasteiger partial charge in [-0.15, -0.1) is 0 Å². The van der Waals surface area contributed by atoms with E-state index in [-0.39, 0.29) is 23.0 Å². The van der Waals surface area contributed by atoms with E-state index >= 15 is 0 Å². The molecule has 4 nitrogen and oxygen atoms in total. The normalized spacial score (nSPS) is 15.0. The van der Waals surface area contributed by atoms with Crippen LogP contribution in [0.1, 0.15) is 61.8 Å². The Kier molecular flexibility index (Phi) is 5.87. The van der Waals surface area contributed by atoms with Crippen molar-refractivity contribution in [3.05, 3.63) is 0 Å². The summed E-state index contributed by atoms with van der Waals surface area (Å²) in [7, 11) is 0. The van der Waals surface area contributed by atoms with Crippen molar-refractivity contribution in [3.8, 4) is 0 Å². The average Bonchev–Trinajstić information content (AvgIpc) is 2.11. The molecular weight excluding hydrogens is 240 g/mol. The van der Waals surface area contributed by atoms with E-state index in [4.69, 9.17) is 10.5 Å². The van der Waals surface area contributed by atoms with Crippen LogP contribution in [0.2, 0.25) is 0 Å². The molecule has 0 aromatic carbocycles. The summed E-state index contributed by atoms with van der Waals surface area (Å²) >= 11 is 0. The Balaban J connectivity index is 4.77. The summed E-state index contributed by atoms with van der Waals surface area (Å²) in [5.74, 6) is 0. The van der Waals surface area contributed by atoms with Crippen molar-refractivity contribution in [2.45, 2.75) is 73.5 Å². The van der Waals surface area contributed by atoms with E-state index in [1.807, 2.05) is 20.8 Å². The maximum atomic E-state index is 11.9. The molecule has 1 unspecified atom stereocenters. The van der Waals surface area contributed by atoms with Gasteiger partial charge in [0, 0.05) is 6.04 Å². The number of hydrogen-bond donors (Lipinski definition) is 2. The Labute approximate surface area is 118 Å². The topological polar surface area (TPSA) is 64.3 Å². The van der Waals surface area contributed by atoms with E-state index in [1.165, 1.54) is 0 Å². The van der Waals surface area contributed by atoms with E-state index in [9.17, 15) is 4.79 Å². The number of rotatable bonds is 4. The number of carbonyl (C=O) groups excluding carboxylic acids is 1. The highest BCUT2D eigenvalue weighted by atomic mass is 16.6. The van der Waals surface area contributed by atoms with Gasteiger partial charge in [0.1, 0.15) is 5.60 Å². The number of nitrogens with one attached hydrogen (secondary N) is 1. The quantitative estimate of drug-likeness (QED) is 0.825. The van der Waals surface area contributed by atoms with Gasteiger partial charge in [-0.3, -0.25) is 0 Å². The smallest absolute Gasteiger partial charge is 0.407 e. The minimum absolute atomic E-state index is 0.00698. The molecule has 0 fully saturated rings. The molecule has 114 valence electrons. The lowest BCUT2D eigenvalue weighted by molar-refractivity contribution is 0.0437. The Bertz CT molecular complexity index is 298. The van der Waals surface area contributed by atoms with Gasteiger partial charge >= 0.3 is 6.09 Å². The summed E-state index contributed by atoms with van der Waals surface area (Å²) in [6.07, 6.45) is 0.465. The first-order valence-corrected chi connectivity index (χ1v) is 6.96. The monoisotopic (exact) mass is 272 g/mol. The average molecular weight is 272 g/mol. The van der Waals surface area contributed by atoms with Gasteiger partial charge in [-0.25, -0.2) is 4.79 Å². The molecule has 4 heteroatoms. The Morgan fingerprint density at radius 3 is 1.89 bits per heavy atom. The van der Waals surface area contributed by atoms with Crippen LogP contribution in [0.25, 0.3) is 0 Å². The highest BCUT2D eigenvalue weighted by molar-refractivity contribution is 5.68. The molecule has 1 amide bonds. The Hall–Kier alpha value is -0.770. The zero-order valence-electron chi connectivity index (χ0n) is 13.9. The van der Waals surface area contributed by atoms with Crippen molar-refractivity contribution in [1.29, 1.82) is 0 Å². The number of ether oxygens (including phenoxy) is 1. The zero-order valence-corrected chi connectivity index (χ0v) is 13.9. The van der Waals surface area contributed by atoms with Gasteiger partial charge in [0.2, 0.25) is 0 Å². The van der Waals surface area contributed by atoms with Gasteiger partial charge in [0.15, 0.2) is 0 Å². The van der Waals surface area contributed by atoms with E-state index in [2.05, 4.69) is 39.9 Å². The molecule has 0 heterocycles. The fourth-order valence-electron chi connectivity index (χ4n) is 1.66. The second kappa shape index (κ2) is 6.12. The Morgan fingerprint density at radius 2 is 1.58 bits per heavy atom. The fourth-order valence-corrected chi connectivity index (χ4v) is 1.66. The van der Waals surface area contributed by atoms with Crippen LogP contribution < -0.4 is 11.1 Å². The van der Waals surface area contributed by atoms with Crippen molar-refractivity contribution < 1.29 is 9.53 Å². The minimum Gasteiger partial charge on any atom is -0.444 e. The van der Waals surface area contributed by atoms with Crippen LogP contribution in [0.15, 0.2) is 0 Å². The second-order valence-electron chi connectivity index (χ2n) is 8.14. The summed E-state index contributed by atoms with van der Waals surface area (Å²) in [4.78, 5) is 11.9. The lowest BCUT2D eigenvalue weighted by Crippen LogP contribution is -2.48. The van der Waals surface area contributed by atoms with E-state index in [0.717, 1.165) is 6.42 Å². The maximum absolute atomic E-state index is 11.9. The van der Waals surface area contributed by atoms with Crippen LogP contribution in [0, 0.1) is 10.8 Å². The zero-order chi connectivity index (χ0) is 15.5. The van der Waals surface area contributed by atoms with E-state index < -0.39 is 5.60 Å². The number of alkyl carbamates (subject to hydrolysis) is 1. The second-order valence-corrected chi connectivity index (χ2v) is 8.14. The van der Waals surface area contributed by atoms with Gasteiger partial charge in [-0.2, -0.15) is 0 Å². The highest BCUT2D eigenvalue weighted by Gasteiger charge is 2.32. The fraction of sp³-hybridized carbons (Fsp3) is 0.933. The predicted molar refractivity (Wildman–Crippen MR) is 80.1 cm³/mol. The Morgan fingerprint density at radius 1 is 1.11 bits per heavy atom. The summed E-state index contributed by atoms with van der Waals surface area (Å²) in [6, 6.07) is 0.0286. The van der Waals surface area contributed by atoms with E-state index in [0.29, 0.717) is 6.54 Å². The molecule has 0 saturated heterocycles. The molecule has 3 N–H and O–H groups in total. The first kappa shape index (κ1) is 18.2. The lowest BCUT2D eigenvalue weighted by Gasteiger charge is -2.37. The van der Waals surface area contributed by atoms with Crippen LogP contribution in [-0.4, -0.2) is 24.3 Å². The van der Waals surface area contributed by atoms with Crippen LogP contribution in [0.4, 0.5) is 4.79 Å². The predicted octanol–water partition coefficient (Wildman–Crippen LogP) is 3.30. The molecule has 0 saturated carbocycles. The summed E-state index contributed by atoms with van der Waals surface area (Å²) in [5, 5.41) is 2.99. The van der Waals surface area contributed by atoms with Crippen molar-refractivity contribution >= 4 is 6.09 Å². The number of amides is 1. The van der Waals surface area contributed by atoms with Crippen molar-refractivity contribution in [1.82, 2.24) is 5.32 Å². The molecule has 0 aliphatic rings. The molecular formula is C15H32N2O2. The van der Waals surface area contributed by atoms with Crippen molar-refractivity contribution in [2.24, 2.45) is 16.6 Å². The summed E-state index contributed by atoms with van der Waals surface area (Å²) < 4.78 is 5.33. The van der Waals surface area contributed by atoms with Gasteiger partial charge < -0.3 is 15.8 Å². The van der Waals surface area contributed by atoms with Crippen molar-refractivity contribution in [2.75, 3.05) is 6.54 Å². The molecule has 0 rings (SSSR count). The molecule has 1 atom stereocenters. The molecule has 19 heavy (non-hydrogen) atoms. The minimum atomic E-state index is -0.476. The third kappa shape index (κ3) is 8.09. The standard InChI is InChI=1S/C15H32N2O2/c1-13(2,3)11(9-15(7,8)10-16)17-12(18)19-14(4,5)6/h11H,9-10,16H2,1-8H3,(H,17,18). The van der Waals surface area contributed by atoms with Gasteiger partial charge in [0.25, 0.3) is 0 Å². The number of hydrogen-bond acceptors (Lipinski definition) is 3. The van der Waals surface area contributed by atoms with E-state index in [1.54, 1.807) is 0 Å². The molecule has 0 aromatic heterocycles. The largest absolute Gasteiger partial charge is 0.444 e. The molecule has 0 bridgehead atoms. The SMILES string of the molecule is CC(C)(CN)CC(NC(=O)OC(C)(C)C)C(C)(C)C. The third-order valence-corrected chi connectivity index (χ3v) is 3.05. The highest BCUT2D eigenvalue weighted by Crippen LogP contribution is 2.30. The first-order valence-electron chi connectivity index (χ1n) is 6.96. The first-order chi connectivity index (χ1) is 8.27. The molecule has 0 spiro atoms. The van der Waals surface area contributed by atoms with Crippen LogP contribution in [0.3, 0.4) is 0 Å². The van der Waals surface area contributed by atoms with Gasteiger partial charge in [0.05, 0.1) is 0 Å². The lowest BCUT2D eigenvalue weighted by atomic mass is 9.76. The van der Waals surface area contributed by atoms with Crippen LogP contribution in [-0.2, 0) is 4.74 Å². The van der Waals surface area contributed by atoms with Gasteiger partial charge in [-0.1, -0.05) is 34.6 Å². The van der Waals surface area contributed by atoms with Gasteiger partial charge in [-0.05, 0) is 44.6 Å². The molecule has 0 aromatic rings. The maximum Gasteiger partial charge on any atom is 0.407 e. The number of carbonyl (C=O) groups is 1.